The van der Waals surface area contributed by atoms with E-state index in [0.29, 0.717) is 22.3 Å². The summed E-state index contributed by atoms with van der Waals surface area (Å²) in [5.74, 6) is -3.17. The van der Waals surface area contributed by atoms with E-state index in [1.54, 1.807) is 125 Å². The maximum atomic E-state index is 14.1. The molecule has 0 aliphatic carbocycles. The molecule has 0 saturated carbocycles. The summed E-state index contributed by atoms with van der Waals surface area (Å²) in [6, 6.07) is 29.6. The van der Waals surface area contributed by atoms with Crippen molar-refractivity contribution in [2.45, 2.75) is 27.7 Å². The molecule has 0 fully saturated rings. The molecule has 5 aromatic carbocycles. The van der Waals surface area contributed by atoms with Gasteiger partial charge in [-0.2, -0.15) is 0 Å². The van der Waals surface area contributed by atoms with E-state index in [0.717, 1.165) is 0 Å². The minimum absolute atomic E-state index is 0.192. The molecule has 0 radical (unpaired) electrons. The van der Waals surface area contributed by atoms with Crippen LogP contribution in [0.25, 0.3) is 0 Å². The molecule has 0 aliphatic rings. The van der Waals surface area contributed by atoms with E-state index in [-0.39, 0.29) is 34.1 Å². The smallest absolute Gasteiger partial charge is 0.345 e. The second-order valence-electron chi connectivity index (χ2n) is 10.5. The highest BCUT2D eigenvalue weighted by Crippen LogP contribution is 2.29. The van der Waals surface area contributed by atoms with Gasteiger partial charge in [-0.15, -0.1) is 0 Å². The minimum Gasteiger partial charge on any atom is -0.423 e. The first kappa shape index (κ1) is 31.4. The second-order valence-corrected chi connectivity index (χ2v) is 10.5. The van der Waals surface area contributed by atoms with Gasteiger partial charge in [-0.1, -0.05) is 72.8 Å². The molecule has 0 bridgehead atoms. The summed E-state index contributed by atoms with van der Waals surface area (Å²) >= 11 is 0. The second kappa shape index (κ2) is 13.7. The number of para-hydroxylation sites is 4. The fourth-order valence-electron chi connectivity index (χ4n) is 4.66. The number of carbonyl (C=O) groups is 4. The summed E-state index contributed by atoms with van der Waals surface area (Å²) in [5, 5.41) is 0. The number of esters is 4. The first-order valence-corrected chi connectivity index (χ1v) is 14.4. The number of hydrogen-bond donors (Lipinski definition) is 0. The molecule has 0 N–H and O–H groups in total. The highest BCUT2D eigenvalue weighted by molar-refractivity contribution is 6.16. The van der Waals surface area contributed by atoms with Crippen LogP contribution in [0.15, 0.2) is 109 Å². The Morgan fingerprint density at radius 2 is 0.587 bits per heavy atom. The van der Waals surface area contributed by atoms with Gasteiger partial charge in [0.15, 0.2) is 0 Å². The zero-order valence-corrected chi connectivity index (χ0v) is 25.7. The molecule has 5 rings (SSSR count). The third-order valence-corrected chi connectivity index (χ3v) is 7.24. The van der Waals surface area contributed by atoms with Crippen molar-refractivity contribution in [2.75, 3.05) is 0 Å². The van der Waals surface area contributed by atoms with Crippen molar-refractivity contribution in [1.29, 1.82) is 0 Å². The molecule has 0 amide bonds. The van der Waals surface area contributed by atoms with E-state index in [1.165, 1.54) is 12.1 Å². The van der Waals surface area contributed by atoms with Crippen LogP contribution < -0.4 is 18.9 Å². The summed E-state index contributed by atoms with van der Waals surface area (Å²) in [6.45, 7) is 6.98. The van der Waals surface area contributed by atoms with Crippen molar-refractivity contribution in [1.82, 2.24) is 0 Å². The Hall–Kier alpha value is -6.02. The lowest BCUT2D eigenvalue weighted by Crippen LogP contribution is -2.27. The fraction of sp³-hybridized carbons (Fsp3) is 0.105. The lowest BCUT2D eigenvalue weighted by Gasteiger charge is -2.18. The summed E-state index contributed by atoms with van der Waals surface area (Å²) in [7, 11) is 0. The monoisotopic (exact) mass is 614 g/mol. The number of rotatable bonds is 8. The van der Waals surface area contributed by atoms with E-state index in [9.17, 15) is 19.2 Å². The summed E-state index contributed by atoms with van der Waals surface area (Å²) in [4.78, 5) is 55.5. The number of ether oxygens (including phenoxy) is 4. The van der Waals surface area contributed by atoms with Crippen LogP contribution in [0, 0.1) is 27.7 Å². The Bertz CT molecular complexity index is 1830. The lowest BCUT2D eigenvalue weighted by molar-refractivity contribution is 0.0660. The highest BCUT2D eigenvalue weighted by Gasteiger charge is 2.34. The molecule has 230 valence electrons. The Morgan fingerprint density at radius 3 is 0.848 bits per heavy atom. The van der Waals surface area contributed by atoms with Crippen molar-refractivity contribution in [3.05, 3.63) is 154 Å². The predicted molar refractivity (Wildman–Crippen MR) is 171 cm³/mol. The van der Waals surface area contributed by atoms with Gasteiger partial charge in [-0.25, -0.2) is 19.2 Å². The van der Waals surface area contributed by atoms with Gasteiger partial charge >= 0.3 is 23.9 Å². The standard InChI is InChI=1S/C38H30O8/c1-23-13-5-9-17-29(23)43-35(39)27-21-22-28(36(40)44-30-18-10-6-14-24(30)2)34(38(42)46-32-20-12-8-16-26(32)4)33(27)37(41)45-31-19-11-7-15-25(31)3/h5-22H,1-4H3. The van der Waals surface area contributed by atoms with Gasteiger partial charge in [0.2, 0.25) is 0 Å². The molecule has 5 aromatic rings. The van der Waals surface area contributed by atoms with Crippen LogP contribution in [-0.2, 0) is 0 Å². The van der Waals surface area contributed by atoms with Crippen molar-refractivity contribution in [3.63, 3.8) is 0 Å². The van der Waals surface area contributed by atoms with Crippen LogP contribution in [0.3, 0.4) is 0 Å². The third kappa shape index (κ3) is 6.87. The molecular formula is C38H30O8. The average Bonchev–Trinajstić information content (AvgIpc) is 3.04. The molecule has 0 saturated heterocycles. The zero-order chi connectivity index (χ0) is 32.8. The topological polar surface area (TPSA) is 105 Å². The molecular weight excluding hydrogens is 584 g/mol. The van der Waals surface area contributed by atoms with E-state index in [4.69, 9.17) is 18.9 Å². The Kier molecular flexibility index (Phi) is 9.38. The van der Waals surface area contributed by atoms with Crippen molar-refractivity contribution in [2.24, 2.45) is 0 Å². The molecule has 0 spiro atoms. The molecule has 8 nitrogen and oxygen atoms in total. The molecule has 0 aromatic heterocycles. The minimum atomic E-state index is -1.08. The Morgan fingerprint density at radius 1 is 0.348 bits per heavy atom. The SMILES string of the molecule is Cc1ccccc1OC(=O)c1ccc(C(=O)Oc2ccccc2C)c(C(=O)Oc2ccccc2C)c1C(=O)Oc1ccccc1C. The van der Waals surface area contributed by atoms with Crippen LogP contribution in [0.2, 0.25) is 0 Å². The van der Waals surface area contributed by atoms with Gasteiger partial charge in [0.1, 0.15) is 23.0 Å². The van der Waals surface area contributed by atoms with E-state index in [2.05, 4.69) is 0 Å². The molecule has 0 atom stereocenters. The van der Waals surface area contributed by atoms with E-state index in [1.807, 2.05) is 0 Å². The van der Waals surface area contributed by atoms with Gasteiger partial charge in [-0.3, -0.25) is 0 Å². The van der Waals surface area contributed by atoms with Gasteiger partial charge in [0.25, 0.3) is 0 Å². The van der Waals surface area contributed by atoms with Gasteiger partial charge in [0.05, 0.1) is 22.3 Å². The molecule has 0 unspecified atom stereocenters. The number of carbonyl (C=O) groups excluding carboxylic acids is 4. The van der Waals surface area contributed by atoms with Crippen molar-refractivity contribution in [3.8, 4) is 23.0 Å². The van der Waals surface area contributed by atoms with Crippen LogP contribution in [-0.4, -0.2) is 23.9 Å². The third-order valence-electron chi connectivity index (χ3n) is 7.24. The molecule has 0 heterocycles. The summed E-state index contributed by atoms with van der Waals surface area (Å²) < 4.78 is 22.8. The summed E-state index contributed by atoms with van der Waals surface area (Å²) in [6.07, 6.45) is 0. The normalized spacial score (nSPS) is 10.5. The molecule has 8 heteroatoms. The van der Waals surface area contributed by atoms with Gasteiger partial charge < -0.3 is 18.9 Å². The Balaban J connectivity index is 1.70. The lowest BCUT2D eigenvalue weighted by atomic mass is 9.95. The molecule has 46 heavy (non-hydrogen) atoms. The van der Waals surface area contributed by atoms with E-state index < -0.39 is 35.0 Å². The van der Waals surface area contributed by atoms with Crippen molar-refractivity contribution >= 4 is 23.9 Å². The maximum Gasteiger partial charge on any atom is 0.345 e. The zero-order valence-electron chi connectivity index (χ0n) is 25.7. The summed E-state index contributed by atoms with van der Waals surface area (Å²) in [5.41, 5.74) is 0.921. The van der Waals surface area contributed by atoms with Gasteiger partial charge in [0, 0.05) is 0 Å². The Labute approximate surface area is 266 Å². The highest BCUT2D eigenvalue weighted by atomic mass is 16.6. The number of aryl methyl sites for hydroxylation is 4. The number of hydrogen-bond acceptors (Lipinski definition) is 8. The largest absolute Gasteiger partial charge is 0.423 e. The number of benzene rings is 5. The fourth-order valence-corrected chi connectivity index (χ4v) is 4.66. The first-order valence-electron chi connectivity index (χ1n) is 14.4. The van der Waals surface area contributed by atoms with Gasteiger partial charge in [-0.05, 0) is 86.3 Å². The molecule has 0 aliphatic heterocycles. The van der Waals surface area contributed by atoms with Crippen LogP contribution in [0.5, 0.6) is 23.0 Å². The van der Waals surface area contributed by atoms with E-state index >= 15 is 0 Å². The van der Waals surface area contributed by atoms with Crippen LogP contribution in [0.4, 0.5) is 0 Å². The predicted octanol–water partition coefficient (Wildman–Crippen LogP) is 7.80. The maximum absolute atomic E-state index is 14.1. The van der Waals surface area contributed by atoms with Crippen LogP contribution in [0.1, 0.15) is 63.7 Å². The van der Waals surface area contributed by atoms with Crippen LogP contribution >= 0.6 is 0 Å². The van der Waals surface area contributed by atoms with Crippen molar-refractivity contribution < 1.29 is 38.1 Å². The quantitative estimate of drug-likeness (QED) is 0.129. The first-order chi connectivity index (χ1) is 22.1. The average molecular weight is 615 g/mol.